The van der Waals surface area contributed by atoms with Crippen LogP contribution in [0.1, 0.15) is 5.56 Å². The lowest BCUT2D eigenvalue weighted by Gasteiger charge is -1.97. The molecule has 0 heterocycles. The van der Waals surface area contributed by atoms with E-state index in [-0.39, 0.29) is 11.4 Å². The van der Waals surface area contributed by atoms with Gasteiger partial charge in [-0.1, -0.05) is 22.0 Å². The molecule has 1 aromatic rings. The second-order valence-electron chi connectivity index (χ2n) is 2.21. The zero-order valence-electron chi connectivity index (χ0n) is 6.03. The molecule has 0 atom stereocenters. The molecule has 0 aromatic heterocycles. The largest absolute Gasteiger partial charge is 0.502 e. The van der Waals surface area contributed by atoms with E-state index in [4.69, 9.17) is 5.11 Å². The maximum Gasteiger partial charge on any atom is 0.310 e. The summed E-state index contributed by atoms with van der Waals surface area (Å²) >= 11 is 3.17. The SMILES string of the molecule is O=[N+]([O-])c1ccc(CBr)cc1O. The highest BCUT2D eigenvalue weighted by Crippen LogP contribution is 2.26. The third kappa shape index (κ3) is 1.73. The van der Waals surface area contributed by atoms with Gasteiger partial charge in [0.05, 0.1) is 4.92 Å². The summed E-state index contributed by atoms with van der Waals surface area (Å²) in [6, 6.07) is 4.24. The van der Waals surface area contributed by atoms with Crippen molar-refractivity contribution in [3.8, 4) is 5.75 Å². The summed E-state index contributed by atoms with van der Waals surface area (Å²) in [4.78, 5) is 9.64. The third-order valence-corrected chi connectivity index (χ3v) is 2.04. The van der Waals surface area contributed by atoms with Gasteiger partial charge in [-0.05, 0) is 11.6 Å². The van der Waals surface area contributed by atoms with E-state index in [1.165, 1.54) is 12.1 Å². The fourth-order valence-electron chi connectivity index (χ4n) is 0.807. The van der Waals surface area contributed by atoms with Crippen molar-refractivity contribution in [3.63, 3.8) is 0 Å². The minimum absolute atomic E-state index is 0.264. The summed E-state index contributed by atoms with van der Waals surface area (Å²) in [5, 5.41) is 20.0. The van der Waals surface area contributed by atoms with E-state index in [0.717, 1.165) is 5.56 Å². The van der Waals surface area contributed by atoms with Crippen molar-refractivity contribution >= 4 is 21.6 Å². The Morgan fingerprint density at radius 3 is 2.67 bits per heavy atom. The molecule has 0 saturated carbocycles. The summed E-state index contributed by atoms with van der Waals surface area (Å²) in [5.41, 5.74) is 0.540. The van der Waals surface area contributed by atoms with Crippen LogP contribution in [0.5, 0.6) is 5.75 Å². The number of hydrogen-bond donors (Lipinski definition) is 1. The molecule has 1 aromatic carbocycles. The number of nitrogens with zero attached hydrogens (tertiary/aromatic N) is 1. The topological polar surface area (TPSA) is 63.4 Å². The summed E-state index contributed by atoms with van der Waals surface area (Å²) in [5.74, 6) is -0.294. The average molecular weight is 232 g/mol. The van der Waals surface area contributed by atoms with E-state index >= 15 is 0 Å². The van der Waals surface area contributed by atoms with Gasteiger partial charge in [-0.3, -0.25) is 10.1 Å². The van der Waals surface area contributed by atoms with Gasteiger partial charge in [0, 0.05) is 11.4 Å². The van der Waals surface area contributed by atoms with Crippen LogP contribution < -0.4 is 0 Å². The zero-order valence-corrected chi connectivity index (χ0v) is 7.61. The maximum atomic E-state index is 10.3. The Bertz CT molecular complexity index is 314. The van der Waals surface area contributed by atoms with Crippen LogP contribution in [-0.4, -0.2) is 10.0 Å². The molecule has 0 bridgehead atoms. The molecule has 12 heavy (non-hydrogen) atoms. The predicted octanol–water partition coefficient (Wildman–Crippen LogP) is 2.20. The molecule has 5 heteroatoms. The van der Waals surface area contributed by atoms with Crippen LogP contribution in [-0.2, 0) is 5.33 Å². The molecule has 64 valence electrons. The van der Waals surface area contributed by atoms with E-state index in [1.54, 1.807) is 6.07 Å². The lowest BCUT2D eigenvalue weighted by molar-refractivity contribution is -0.385. The minimum atomic E-state index is -0.618. The standard InChI is InChI=1S/C7H6BrNO3/c8-4-5-1-2-6(9(11)12)7(10)3-5/h1-3,10H,4H2. The molecule has 0 amide bonds. The number of phenols is 1. The second-order valence-corrected chi connectivity index (χ2v) is 2.77. The normalized spacial score (nSPS) is 9.75. The first-order valence-corrected chi connectivity index (χ1v) is 4.29. The van der Waals surface area contributed by atoms with Crippen LogP contribution in [0.25, 0.3) is 0 Å². The van der Waals surface area contributed by atoms with E-state index < -0.39 is 4.92 Å². The number of nitro groups is 1. The smallest absolute Gasteiger partial charge is 0.310 e. The van der Waals surface area contributed by atoms with E-state index in [2.05, 4.69) is 15.9 Å². The van der Waals surface area contributed by atoms with Gasteiger partial charge in [-0.15, -0.1) is 0 Å². The second kappa shape index (κ2) is 3.53. The Labute approximate surface area is 77.1 Å². The van der Waals surface area contributed by atoms with Crippen LogP contribution in [0.2, 0.25) is 0 Å². The van der Waals surface area contributed by atoms with Crippen molar-refractivity contribution in [2.45, 2.75) is 5.33 Å². The summed E-state index contributed by atoms with van der Waals surface area (Å²) in [6.07, 6.45) is 0. The minimum Gasteiger partial charge on any atom is -0.502 e. The molecule has 0 aliphatic carbocycles. The molecule has 1 N–H and O–H groups in total. The number of benzene rings is 1. The number of hydrogen-bond acceptors (Lipinski definition) is 3. The first-order chi connectivity index (χ1) is 5.65. The number of aromatic hydroxyl groups is 1. The highest BCUT2D eigenvalue weighted by molar-refractivity contribution is 9.08. The first-order valence-electron chi connectivity index (χ1n) is 3.17. The summed E-state index contributed by atoms with van der Waals surface area (Å²) < 4.78 is 0. The van der Waals surface area contributed by atoms with Crippen molar-refractivity contribution in [1.29, 1.82) is 0 Å². The fourth-order valence-corrected chi connectivity index (χ4v) is 1.16. The van der Waals surface area contributed by atoms with Crippen LogP contribution in [0, 0.1) is 10.1 Å². The fraction of sp³-hybridized carbons (Fsp3) is 0.143. The predicted molar refractivity (Wildman–Crippen MR) is 47.4 cm³/mol. The van der Waals surface area contributed by atoms with Crippen LogP contribution >= 0.6 is 15.9 Å². The lowest BCUT2D eigenvalue weighted by atomic mass is 10.2. The van der Waals surface area contributed by atoms with Gasteiger partial charge in [-0.2, -0.15) is 0 Å². The molecular formula is C7H6BrNO3. The van der Waals surface area contributed by atoms with Crippen LogP contribution in [0.3, 0.4) is 0 Å². The van der Waals surface area contributed by atoms with Gasteiger partial charge in [0.2, 0.25) is 0 Å². The molecule has 0 aliphatic rings. The Kier molecular flexibility index (Phi) is 2.65. The molecule has 0 saturated heterocycles. The van der Waals surface area contributed by atoms with Gasteiger partial charge in [0.1, 0.15) is 0 Å². The number of alkyl halides is 1. The Balaban J connectivity index is 3.12. The maximum absolute atomic E-state index is 10.3. The summed E-state index contributed by atoms with van der Waals surface area (Å²) in [6.45, 7) is 0. The highest BCUT2D eigenvalue weighted by atomic mass is 79.9. The quantitative estimate of drug-likeness (QED) is 0.482. The van der Waals surface area contributed by atoms with E-state index in [9.17, 15) is 10.1 Å². The van der Waals surface area contributed by atoms with Crippen molar-refractivity contribution < 1.29 is 10.0 Å². The zero-order chi connectivity index (χ0) is 9.14. The Morgan fingerprint density at radius 2 is 2.25 bits per heavy atom. The average Bonchev–Trinajstić information content (AvgIpc) is 2.03. The van der Waals surface area contributed by atoms with Gasteiger partial charge in [0.15, 0.2) is 5.75 Å². The molecule has 0 aliphatic heterocycles. The third-order valence-electron chi connectivity index (χ3n) is 1.39. The van der Waals surface area contributed by atoms with Gasteiger partial charge >= 0.3 is 5.69 Å². The van der Waals surface area contributed by atoms with Gasteiger partial charge < -0.3 is 5.11 Å². The number of halogens is 1. The molecule has 4 nitrogen and oxygen atoms in total. The van der Waals surface area contributed by atoms with Crippen LogP contribution in [0.4, 0.5) is 5.69 Å². The van der Waals surface area contributed by atoms with Crippen molar-refractivity contribution in [2.24, 2.45) is 0 Å². The molecular weight excluding hydrogens is 226 g/mol. The molecule has 0 fully saturated rings. The molecule has 0 spiro atoms. The van der Waals surface area contributed by atoms with Crippen molar-refractivity contribution in [2.75, 3.05) is 0 Å². The van der Waals surface area contributed by atoms with Crippen molar-refractivity contribution in [1.82, 2.24) is 0 Å². The number of phenolic OH excluding ortho intramolecular Hbond substituents is 1. The molecule has 0 radical (unpaired) electrons. The van der Waals surface area contributed by atoms with E-state index in [0.29, 0.717) is 5.33 Å². The van der Waals surface area contributed by atoms with Crippen LogP contribution in [0.15, 0.2) is 18.2 Å². The number of rotatable bonds is 2. The van der Waals surface area contributed by atoms with Gasteiger partial charge in [0.25, 0.3) is 0 Å². The summed E-state index contributed by atoms with van der Waals surface area (Å²) in [7, 11) is 0. The van der Waals surface area contributed by atoms with E-state index in [1.807, 2.05) is 0 Å². The monoisotopic (exact) mass is 231 g/mol. The highest BCUT2D eigenvalue weighted by Gasteiger charge is 2.11. The Hall–Kier alpha value is -1.10. The first kappa shape index (κ1) is 8.99. The molecule has 1 rings (SSSR count). The number of nitro benzene ring substituents is 1. The Morgan fingerprint density at radius 1 is 1.58 bits per heavy atom. The van der Waals surface area contributed by atoms with Gasteiger partial charge in [-0.25, -0.2) is 0 Å². The lowest BCUT2D eigenvalue weighted by Crippen LogP contribution is -1.88. The van der Waals surface area contributed by atoms with Crippen molar-refractivity contribution in [3.05, 3.63) is 33.9 Å². The molecule has 0 unspecified atom stereocenters.